The van der Waals surface area contributed by atoms with E-state index in [4.69, 9.17) is 15.3 Å². The van der Waals surface area contributed by atoms with Crippen molar-refractivity contribution in [3.05, 3.63) is 29.8 Å². The highest BCUT2D eigenvalue weighted by atomic mass is 19.1. The number of nitrogens with two attached hydrogens (primary N) is 1. The molecule has 0 radical (unpaired) electrons. The van der Waals surface area contributed by atoms with E-state index >= 15 is 0 Å². The summed E-state index contributed by atoms with van der Waals surface area (Å²) in [6.45, 7) is 3.02. The van der Waals surface area contributed by atoms with Crippen LogP contribution in [0.25, 0.3) is 11.0 Å². The Morgan fingerprint density at radius 2 is 1.96 bits per heavy atom. The molecule has 0 saturated carbocycles. The zero-order valence-corrected chi connectivity index (χ0v) is 12.9. The minimum absolute atomic E-state index is 0.0450. The van der Waals surface area contributed by atoms with Gasteiger partial charge in [-0.1, -0.05) is 6.92 Å². The molecule has 9 heteroatoms. The number of carbonyl (C=O) groups excluding carboxylic acids is 2. The summed E-state index contributed by atoms with van der Waals surface area (Å²) < 4.78 is 18.7. The second-order valence-electron chi connectivity index (χ2n) is 5.33. The van der Waals surface area contributed by atoms with E-state index in [1.54, 1.807) is 0 Å². The highest BCUT2D eigenvalue weighted by Gasteiger charge is 2.26. The fraction of sp³-hybridized carbons (Fsp3) is 0.267. The zero-order chi connectivity index (χ0) is 18.0. The van der Waals surface area contributed by atoms with Gasteiger partial charge in [-0.05, 0) is 25.1 Å². The Kier molecular flexibility index (Phi) is 4.72. The molecule has 2 rings (SSSR count). The molecule has 2 atom stereocenters. The average Bonchev–Trinajstić information content (AvgIpc) is 2.84. The van der Waals surface area contributed by atoms with Crippen LogP contribution >= 0.6 is 0 Å². The third-order valence-corrected chi connectivity index (χ3v) is 3.64. The molecule has 0 aliphatic heterocycles. The van der Waals surface area contributed by atoms with E-state index in [0.29, 0.717) is 0 Å². The van der Waals surface area contributed by atoms with Gasteiger partial charge in [-0.2, -0.15) is 0 Å². The van der Waals surface area contributed by atoms with E-state index in [0.717, 1.165) is 12.1 Å². The van der Waals surface area contributed by atoms with Crippen molar-refractivity contribution in [3.8, 4) is 0 Å². The first-order valence-corrected chi connectivity index (χ1v) is 7.03. The molecule has 8 nitrogen and oxygen atoms in total. The maximum atomic E-state index is 13.4. The van der Waals surface area contributed by atoms with Gasteiger partial charge < -0.3 is 25.9 Å². The van der Waals surface area contributed by atoms with E-state index in [1.165, 1.54) is 19.9 Å². The fourth-order valence-corrected chi connectivity index (χ4v) is 2.15. The summed E-state index contributed by atoms with van der Waals surface area (Å²) in [7, 11) is 0. The fourth-order valence-electron chi connectivity index (χ4n) is 2.15. The Hall–Kier alpha value is -3.10. The van der Waals surface area contributed by atoms with Crippen LogP contribution in [0.3, 0.4) is 0 Å². The molecule has 2 unspecified atom stereocenters. The molecule has 0 fully saturated rings. The number of hydrogen-bond donors (Lipinski definition) is 4. The third kappa shape index (κ3) is 3.45. The van der Waals surface area contributed by atoms with E-state index in [2.05, 4.69) is 10.6 Å². The zero-order valence-electron chi connectivity index (χ0n) is 12.9. The average molecular weight is 337 g/mol. The SMILES string of the molecule is CC(NC(=O)O)C(C)C(=O)Nc1c(C(N)=O)oc2ccc(F)cc12. The lowest BCUT2D eigenvalue weighted by Crippen LogP contribution is -2.41. The van der Waals surface area contributed by atoms with Gasteiger partial charge in [-0.25, -0.2) is 9.18 Å². The molecule has 0 bridgehead atoms. The molecule has 1 aromatic heterocycles. The van der Waals surface area contributed by atoms with Crippen LogP contribution in [0, 0.1) is 11.7 Å². The molecule has 5 N–H and O–H groups in total. The van der Waals surface area contributed by atoms with Crippen molar-refractivity contribution in [2.24, 2.45) is 11.7 Å². The maximum absolute atomic E-state index is 13.4. The summed E-state index contributed by atoms with van der Waals surface area (Å²) >= 11 is 0. The van der Waals surface area contributed by atoms with E-state index in [9.17, 15) is 18.8 Å². The van der Waals surface area contributed by atoms with Gasteiger partial charge in [0, 0.05) is 11.4 Å². The number of carboxylic acid groups (broad SMARTS) is 1. The summed E-state index contributed by atoms with van der Waals surface area (Å²) in [6, 6.07) is 2.87. The monoisotopic (exact) mass is 337 g/mol. The Bertz CT molecular complexity index is 817. The molecule has 24 heavy (non-hydrogen) atoms. The van der Waals surface area contributed by atoms with Crippen LogP contribution in [-0.2, 0) is 4.79 Å². The smallest absolute Gasteiger partial charge is 0.404 e. The van der Waals surface area contributed by atoms with Gasteiger partial charge in [0.15, 0.2) is 0 Å². The third-order valence-electron chi connectivity index (χ3n) is 3.64. The number of rotatable bonds is 5. The van der Waals surface area contributed by atoms with Crippen LogP contribution in [0.1, 0.15) is 24.4 Å². The van der Waals surface area contributed by atoms with Gasteiger partial charge >= 0.3 is 6.09 Å². The van der Waals surface area contributed by atoms with Crippen LogP contribution in [0.2, 0.25) is 0 Å². The summed E-state index contributed by atoms with van der Waals surface area (Å²) in [5.74, 6) is -3.16. The number of furan rings is 1. The number of benzene rings is 1. The summed E-state index contributed by atoms with van der Waals surface area (Å²) in [4.78, 5) is 34.5. The number of hydrogen-bond acceptors (Lipinski definition) is 4. The van der Waals surface area contributed by atoms with Crippen molar-refractivity contribution in [1.29, 1.82) is 0 Å². The standard InChI is InChI=1S/C15H16FN3O5/c1-6(7(2)18-15(22)23)14(21)19-11-9-5-8(16)3-4-10(9)24-12(11)13(17)20/h3-7,18H,1-2H3,(H2,17,20)(H,19,21)(H,22,23). The molecular weight excluding hydrogens is 321 g/mol. The van der Waals surface area contributed by atoms with E-state index in [-0.39, 0.29) is 22.4 Å². The van der Waals surface area contributed by atoms with Crippen molar-refractivity contribution in [2.45, 2.75) is 19.9 Å². The summed E-state index contributed by atoms with van der Waals surface area (Å²) in [5.41, 5.74) is 5.37. The molecule has 2 aromatic rings. The second-order valence-corrected chi connectivity index (χ2v) is 5.33. The Morgan fingerprint density at radius 1 is 1.29 bits per heavy atom. The highest BCUT2D eigenvalue weighted by molar-refractivity contribution is 6.10. The molecule has 128 valence electrons. The van der Waals surface area contributed by atoms with Crippen molar-refractivity contribution in [2.75, 3.05) is 5.32 Å². The van der Waals surface area contributed by atoms with Crippen LogP contribution in [-0.4, -0.2) is 29.1 Å². The maximum Gasteiger partial charge on any atom is 0.404 e. The van der Waals surface area contributed by atoms with Crippen molar-refractivity contribution in [1.82, 2.24) is 5.32 Å². The van der Waals surface area contributed by atoms with Crippen molar-refractivity contribution < 1.29 is 28.3 Å². The minimum Gasteiger partial charge on any atom is -0.465 e. The van der Waals surface area contributed by atoms with Gasteiger partial charge in [0.05, 0.1) is 5.92 Å². The number of carbonyl (C=O) groups is 3. The first kappa shape index (κ1) is 17.3. The minimum atomic E-state index is -1.27. The molecule has 1 aromatic carbocycles. The molecule has 0 spiro atoms. The Balaban J connectivity index is 2.35. The number of anilines is 1. The van der Waals surface area contributed by atoms with Gasteiger partial charge in [0.25, 0.3) is 5.91 Å². The topological polar surface area (TPSA) is 135 Å². The number of amides is 3. The first-order chi connectivity index (χ1) is 11.2. The Morgan fingerprint density at radius 3 is 2.54 bits per heavy atom. The number of nitrogens with one attached hydrogen (secondary N) is 2. The number of primary amides is 1. The molecule has 0 aliphatic rings. The lowest BCUT2D eigenvalue weighted by Gasteiger charge is -2.19. The van der Waals surface area contributed by atoms with Gasteiger partial charge in [0.1, 0.15) is 17.1 Å². The molecule has 0 saturated heterocycles. The van der Waals surface area contributed by atoms with E-state index in [1.807, 2.05) is 0 Å². The lowest BCUT2D eigenvalue weighted by atomic mass is 10.0. The van der Waals surface area contributed by atoms with Crippen LogP contribution in [0.4, 0.5) is 14.9 Å². The quantitative estimate of drug-likeness (QED) is 0.661. The number of halogens is 1. The first-order valence-electron chi connectivity index (χ1n) is 7.03. The molecule has 1 heterocycles. The predicted octanol–water partition coefficient (Wildman–Crippen LogP) is 1.90. The van der Waals surface area contributed by atoms with Gasteiger partial charge in [0.2, 0.25) is 11.7 Å². The molecule has 3 amide bonds. The molecule has 0 aliphatic carbocycles. The number of fused-ring (bicyclic) bond motifs is 1. The summed E-state index contributed by atoms with van der Waals surface area (Å²) in [5, 5.41) is 13.5. The Labute approximate surface area is 135 Å². The highest BCUT2D eigenvalue weighted by Crippen LogP contribution is 2.31. The van der Waals surface area contributed by atoms with Crippen molar-refractivity contribution >= 4 is 34.6 Å². The lowest BCUT2D eigenvalue weighted by molar-refractivity contribution is -0.120. The van der Waals surface area contributed by atoms with Crippen LogP contribution < -0.4 is 16.4 Å². The molecular formula is C15H16FN3O5. The van der Waals surface area contributed by atoms with Crippen LogP contribution in [0.5, 0.6) is 0 Å². The van der Waals surface area contributed by atoms with Gasteiger partial charge in [-0.3, -0.25) is 9.59 Å². The van der Waals surface area contributed by atoms with Crippen molar-refractivity contribution in [3.63, 3.8) is 0 Å². The normalized spacial score (nSPS) is 13.3. The summed E-state index contributed by atoms with van der Waals surface area (Å²) in [6.07, 6.45) is -1.27. The van der Waals surface area contributed by atoms with Gasteiger partial charge in [-0.15, -0.1) is 0 Å². The van der Waals surface area contributed by atoms with E-state index < -0.39 is 35.7 Å². The second kappa shape index (κ2) is 6.57. The predicted molar refractivity (Wildman–Crippen MR) is 83.1 cm³/mol. The largest absolute Gasteiger partial charge is 0.465 e. The van der Waals surface area contributed by atoms with Crippen LogP contribution in [0.15, 0.2) is 22.6 Å².